The van der Waals surface area contributed by atoms with E-state index < -0.39 is 6.10 Å². The van der Waals surface area contributed by atoms with Crippen LogP contribution in [0.15, 0.2) is 24.4 Å². The van der Waals surface area contributed by atoms with Gasteiger partial charge in [-0.3, -0.25) is 5.10 Å². The lowest BCUT2D eigenvalue weighted by molar-refractivity contribution is 0.163. The van der Waals surface area contributed by atoms with E-state index in [1.807, 2.05) is 18.2 Å². The molecule has 0 spiro atoms. The highest BCUT2D eigenvalue weighted by Crippen LogP contribution is 2.18. The van der Waals surface area contributed by atoms with E-state index in [0.29, 0.717) is 6.54 Å². The van der Waals surface area contributed by atoms with Crippen LogP contribution < -0.4 is 5.32 Å². The minimum absolute atomic E-state index is 0.0146. The molecule has 4 nitrogen and oxygen atoms in total. The number of fused-ring (bicyclic) bond motifs is 1. The monoisotopic (exact) mass is 233 g/mol. The highest BCUT2D eigenvalue weighted by molar-refractivity contribution is 5.78. The molecule has 17 heavy (non-hydrogen) atoms. The summed E-state index contributed by atoms with van der Waals surface area (Å²) in [7, 11) is 0. The molecule has 0 aliphatic carbocycles. The summed E-state index contributed by atoms with van der Waals surface area (Å²) in [6, 6.07) is 5.83. The minimum atomic E-state index is -0.492. The van der Waals surface area contributed by atoms with Crippen molar-refractivity contribution in [2.24, 2.45) is 0 Å². The predicted molar refractivity (Wildman–Crippen MR) is 68.8 cm³/mol. The summed E-state index contributed by atoms with van der Waals surface area (Å²) in [6.45, 7) is 6.80. The molecule has 0 amide bonds. The zero-order valence-corrected chi connectivity index (χ0v) is 10.5. The Hall–Kier alpha value is -1.39. The SMILES string of the molecule is CC(C)(C)NC[C@H](O)c1ccc2[nH]ncc2c1. The number of aliphatic hydroxyl groups is 1. The maximum Gasteiger partial charge on any atom is 0.0914 e. The molecule has 0 unspecified atom stereocenters. The van der Waals surface area contributed by atoms with Crippen molar-refractivity contribution in [3.8, 4) is 0 Å². The fourth-order valence-corrected chi connectivity index (χ4v) is 1.69. The van der Waals surface area contributed by atoms with Gasteiger partial charge in [0.05, 0.1) is 17.8 Å². The van der Waals surface area contributed by atoms with Crippen LogP contribution in [-0.4, -0.2) is 27.4 Å². The topological polar surface area (TPSA) is 60.9 Å². The molecule has 92 valence electrons. The predicted octanol–water partition coefficient (Wildman–Crippen LogP) is 1.98. The molecule has 2 rings (SSSR count). The van der Waals surface area contributed by atoms with Crippen molar-refractivity contribution in [3.63, 3.8) is 0 Å². The highest BCUT2D eigenvalue weighted by Gasteiger charge is 2.13. The first-order valence-electron chi connectivity index (χ1n) is 5.82. The Morgan fingerprint density at radius 2 is 2.18 bits per heavy atom. The van der Waals surface area contributed by atoms with Crippen molar-refractivity contribution in [2.45, 2.75) is 32.4 Å². The maximum atomic E-state index is 10.1. The van der Waals surface area contributed by atoms with Gasteiger partial charge in [-0.15, -0.1) is 0 Å². The number of aromatic nitrogens is 2. The molecular formula is C13H19N3O. The molecule has 0 radical (unpaired) electrons. The summed E-state index contributed by atoms with van der Waals surface area (Å²) in [5.41, 5.74) is 1.92. The number of hydrogen-bond acceptors (Lipinski definition) is 3. The van der Waals surface area contributed by atoms with Gasteiger partial charge in [0, 0.05) is 17.5 Å². The molecule has 2 aromatic rings. The molecule has 1 aromatic carbocycles. The van der Waals surface area contributed by atoms with Crippen molar-refractivity contribution in [3.05, 3.63) is 30.0 Å². The van der Waals surface area contributed by atoms with Crippen LogP contribution in [0.25, 0.3) is 10.9 Å². The Morgan fingerprint density at radius 1 is 1.41 bits per heavy atom. The van der Waals surface area contributed by atoms with E-state index >= 15 is 0 Å². The van der Waals surface area contributed by atoms with E-state index in [1.165, 1.54) is 0 Å². The van der Waals surface area contributed by atoms with Crippen molar-refractivity contribution in [1.29, 1.82) is 0 Å². The lowest BCUT2D eigenvalue weighted by Gasteiger charge is -2.23. The van der Waals surface area contributed by atoms with Gasteiger partial charge in [-0.25, -0.2) is 0 Å². The first kappa shape index (κ1) is 12.1. The zero-order chi connectivity index (χ0) is 12.5. The second-order valence-corrected chi connectivity index (χ2v) is 5.36. The number of aliphatic hydroxyl groups excluding tert-OH is 1. The second kappa shape index (κ2) is 4.47. The summed E-state index contributed by atoms with van der Waals surface area (Å²) >= 11 is 0. The van der Waals surface area contributed by atoms with Gasteiger partial charge in [0.2, 0.25) is 0 Å². The molecule has 0 fully saturated rings. The highest BCUT2D eigenvalue weighted by atomic mass is 16.3. The Kier molecular flexibility index (Phi) is 3.17. The van der Waals surface area contributed by atoms with E-state index in [2.05, 4.69) is 36.3 Å². The number of β-amino-alcohol motifs (C(OH)–C–C–N with tert-alkyl or cyclic N) is 1. The Morgan fingerprint density at radius 3 is 2.88 bits per heavy atom. The fraction of sp³-hybridized carbons (Fsp3) is 0.462. The minimum Gasteiger partial charge on any atom is -0.387 e. The van der Waals surface area contributed by atoms with Crippen molar-refractivity contribution < 1.29 is 5.11 Å². The molecule has 0 saturated carbocycles. The van der Waals surface area contributed by atoms with Gasteiger partial charge in [-0.1, -0.05) is 6.07 Å². The molecule has 0 aliphatic rings. The number of aromatic amines is 1. The normalized spacial score (nSPS) is 14.1. The molecule has 1 heterocycles. The molecule has 1 aromatic heterocycles. The van der Waals surface area contributed by atoms with Gasteiger partial charge in [-0.2, -0.15) is 5.10 Å². The number of benzene rings is 1. The van der Waals surface area contributed by atoms with Crippen LogP contribution in [0.2, 0.25) is 0 Å². The lowest BCUT2D eigenvalue weighted by Crippen LogP contribution is -2.38. The van der Waals surface area contributed by atoms with Gasteiger partial charge < -0.3 is 10.4 Å². The van der Waals surface area contributed by atoms with Crippen LogP contribution in [0.1, 0.15) is 32.4 Å². The van der Waals surface area contributed by atoms with Crippen molar-refractivity contribution in [2.75, 3.05) is 6.54 Å². The first-order valence-corrected chi connectivity index (χ1v) is 5.82. The van der Waals surface area contributed by atoms with E-state index in [0.717, 1.165) is 16.5 Å². The van der Waals surface area contributed by atoms with Crippen LogP contribution in [0, 0.1) is 0 Å². The van der Waals surface area contributed by atoms with Crippen molar-refractivity contribution in [1.82, 2.24) is 15.5 Å². The van der Waals surface area contributed by atoms with Gasteiger partial charge >= 0.3 is 0 Å². The fourth-order valence-electron chi connectivity index (χ4n) is 1.69. The van der Waals surface area contributed by atoms with Gasteiger partial charge in [-0.05, 0) is 38.5 Å². The first-order chi connectivity index (χ1) is 7.96. The summed E-state index contributed by atoms with van der Waals surface area (Å²) in [4.78, 5) is 0. The Labute approximate surface area is 101 Å². The third-order valence-electron chi connectivity index (χ3n) is 2.67. The lowest BCUT2D eigenvalue weighted by atomic mass is 10.0. The Balaban J connectivity index is 2.10. The molecule has 4 heteroatoms. The van der Waals surface area contributed by atoms with E-state index in [9.17, 15) is 5.11 Å². The molecule has 0 aliphatic heterocycles. The molecule has 0 saturated heterocycles. The standard InChI is InChI=1S/C13H19N3O/c1-13(2,3)14-8-12(17)9-4-5-11-10(6-9)7-15-16-11/h4-7,12,14,17H,8H2,1-3H3,(H,15,16)/t12-/m0/s1. The third-order valence-corrected chi connectivity index (χ3v) is 2.67. The van der Waals surface area contributed by atoms with Gasteiger partial charge in [0.25, 0.3) is 0 Å². The number of hydrogen-bond donors (Lipinski definition) is 3. The quantitative estimate of drug-likeness (QED) is 0.759. The summed E-state index contributed by atoms with van der Waals surface area (Å²) in [5, 5.41) is 21.3. The molecular weight excluding hydrogens is 214 g/mol. The van der Waals surface area contributed by atoms with Crippen molar-refractivity contribution >= 4 is 10.9 Å². The number of nitrogens with one attached hydrogen (secondary N) is 2. The summed E-state index contributed by atoms with van der Waals surface area (Å²) < 4.78 is 0. The summed E-state index contributed by atoms with van der Waals surface area (Å²) in [6.07, 6.45) is 1.27. The smallest absolute Gasteiger partial charge is 0.0914 e. The molecule has 0 bridgehead atoms. The average molecular weight is 233 g/mol. The van der Waals surface area contributed by atoms with Gasteiger partial charge in [0.15, 0.2) is 0 Å². The van der Waals surface area contributed by atoms with E-state index in [1.54, 1.807) is 6.20 Å². The number of rotatable bonds is 3. The van der Waals surface area contributed by atoms with Crippen LogP contribution >= 0.6 is 0 Å². The number of H-pyrrole nitrogens is 1. The summed E-state index contributed by atoms with van der Waals surface area (Å²) in [5.74, 6) is 0. The largest absolute Gasteiger partial charge is 0.387 e. The van der Waals surface area contributed by atoms with Gasteiger partial charge in [0.1, 0.15) is 0 Å². The van der Waals surface area contributed by atoms with Crippen LogP contribution in [0.5, 0.6) is 0 Å². The van der Waals surface area contributed by atoms with Crippen LogP contribution in [0.3, 0.4) is 0 Å². The average Bonchev–Trinajstić information content (AvgIpc) is 2.71. The number of nitrogens with zero attached hydrogens (tertiary/aromatic N) is 1. The molecule has 1 atom stereocenters. The van der Waals surface area contributed by atoms with Crippen LogP contribution in [0.4, 0.5) is 0 Å². The van der Waals surface area contributed by atoms with E-state index in [-0.39, 0.29) is 5.54 Å². The molecule has 3 N–H and O–H groups in total. The zero-order valence-electron chi connectivity index (χ0n) is 10.5. The van der Waals surface area contributed by atoms with Crippen LogP contribution in [-0.2, 0) is 0 Å². The Bertz CT molecular complexity index is 499. The third kappa shape index (κ3) is 3.05. The maximum absolute atomic E-state index is 10.1. The second-order valence-electron chi connectivity index (χ2n) is 5.36. The van der Waals surface area contributed by atoms with E-state index in [4.69, 9.17) is 0 Å².